The smallest absolute Gasteiger partial charge is 0.182 e. The van der Waals surface area contributed by atoms with Gasteiger partial charge >= 0.3 is 0 Å². The number of ether oxygens (including phenoxy) is 1. The number of allylic oxidation sites excluding steroid dienone is 2. The molecule has 35 heavy (non-hydrogen) atoms. The number of hydrogen-bond acceptors (Lipinski definition) is 2. The van der Waals surface area contributed by atoms with Crippen molar-refractivity contribution in [2.24, 2.45) is 29.6 Å². The molecule has 1 nitrogen and oxygen atoms in total. The van der Waals surface area contributed by atoms with Gasteiger partial charge in [0.05, 0.1) is 11.3 Å². The molecular formula is C32H45FOS. The number of rotatable bonds is 8. The van der Waals surface area contributed by atoms with Gasteiger partial charge in [0.15, 0.2) is 11.6 Å². The van der Waals surface area contributed by atoms with Crippen LogP contribution in [0.5, 0.6) is 5.75 Å². The highest BCUT2D eigenvalue weighted by atomic mass is 32.1. The van der Waals surface area contributed by atoms with Gasteiger partial charge in [0.1, 0.15) is 0 Å². The van der Waals surface area contributed by atoms with Crippen LogP contribution >= 0.6 is 11.3 Å². The summed E-state index contributed by atoms with van der Waals surface area (Å²) in [5, 5.41) is 1.01. The topological polar surface area (TPSA) is 9.23 Å². The quantitative estimate of drug-likeness (QED) is 0.353. The van der Waals surface area contributed by atoms with Crippen molar-refractivity contribution in [2.75, 3.05) is 6.61 Å². The van der Waals surface area contributed by atoms with Gasteiger partial charge in [-0.05, 0) is 123 Å². The minimum absolute atomic E-state index is 0.193. The largest absolute Gasteiger partial charge is 0.491 e. The van der Waals surface area contributed by atoms with Crippen LogP contribution in [-0.4, -0.2) is 6.61 Å². The second kappa shape index (κ2) is 11.8. The number of hydrogen-bond donors (Lipinski definition) is 0. The number of benzene rings is 1. The molecule has 3 aliphatic carbocycles. The van der Waals surface area contributed by atoms with Crippen molar-refractivity contribution in [1.29, 1.82) is 0 Å². The van der Waals surface area contributed by atoms with Crippen molar-refractivity contribution in [2.45, 2.75) is 104 Å². The number of fused-ring (bicyclic) bond motifs is 1. The first kappa shape index (κ1) is 25.3. The number of unbranched alkanes of at least 4 members (excludes halogenated alkanes) is 1. The Morgan fingerprint density at radius 3 is 2.20 bits per heavy atom. The fraction of sp³-hybridized carbons (Fsp3) is 0.688. The Labute approximate surface area is 216 Å². The van der Waals surface area contributed by atoms with E-state index in [1.807, 2.05) is 13.0 Å². The molecule has 1 aromatic heterocycles. The molecule has 0 saturated heterocycles. The average molecular weight is 497 g/mol. The molecule has 192 valence electrons. The molecular weight excluding hydrogens is 451 g/mol. The Kier molecular flexibility index (Phi) is 8.53. The SMILES string of the molecule is CCCCC1CCC(C2CCC(C3CC=C(c4cc5ccc(OCC)c(F)c5s4)CC3)CC2)CC1. The lowest BCUT2D eigenvalue weighted by Gasteiger charge is -2.40. The molecule has 1 unspecified atom stereocenters. The van der Waals surface area contributed by atoms with Gasteiger partial charge in [-0.1, -0.05) is 45.1 Å². The third-order valence-electron chi connectivity index (χ3n) is 9.67. The molecule has 3 heteroatoms. The zero-order valence-corrected chi connectivity index (χ0v) is 22.8. The van der Waals surface area contributed by atoms with Crippen molar-refractivity contribution in [3.05, 3.63) is 35.0 Å². The maximum absolute atomic E-state index is 14.8. The summed E-state index contributed by atoms with van der Waals surface area (Å²) in [4.78, 5) is 1.25. The van der Waals surface area contributed by atoms with Crippen LogP contribution in [0.15, 0.2) is 24.3 Å². The van der Waals surface area contributed by atoms with Crippen LogP contribution in [0, 0.1) is 35.4 Å². The van der Waals surface area contributed by atoms with Gasteiger partial charge < -0.3 is 4.74 Å². The van der Waals surface area contributed by atoms with E-state index >= 15 is 0 Å². The van der Waals surface area contributed by atoms with E-state index in [0.717, 1.165) is 46.1 Å². The molecule has 0 aliphatic heterocycles. The summed E-state index contributed by atoms with van der Waals surface area (Å²) in [6.45, 7) is 4.73. The van der Waals surface area contributed by atoms with Gasteiger partial charge in [-0.25, -0.2) is 4.39 Å². The summed E-state index contributed by atoms with van der Waals surface area (Å²) in [5.41, 5.74) is 1.44. The van der Waals surface area contributed by atoms with Crippen molar-refractivity contribution < 1.29 is 9.13 Å². The van der Waals surface area contributed by atoms with Gasteiger partial charge in [0.25, 0.3) is 0 Å². The summed E-state index contributed by atoms with van der Waals surface area (Å²) in [7, 11) is 0. The first-order chi connectivity index (χ1) is 17.2. The fourth-order valence-corrected chi connectivity index (χ4v) is 8.67. The van der Waals surface area contributed by atoms with Crippen molar-refractivity contribution >= 4 is 27.0 Å². The summed E-state index contributed by atoms with van der Waals surface area (Å²) >= 11 is 1.60. The number of halogens is 1. The highest BCUT2D eigenvalue weighted by molar-refractivity contribution is 7.20. The molecule has 0 bridgehead atoms. The summed E-state index contributed by atoms with van der Waals surface area (Å²) in [6, 6.07) is 5.97. The van der Waals surface area contributed by atoms with Crippen molar-refractivity contribution in [3.63, 3.8) is 0 Å². The van der Waals surface area contributed by atoms with Crippen LogP contribution in [0.3, 0.4) is 0 Å². The van der Waals surface area contributed by atoms with Crippen LogP contribution in [-0.2, 0) is 0 Å². The lowest BCUT2D eigenvalue weighted by atomic mass is 9.65. The molecule has 1 heterocycles. The molecule has 1 aromatic carbocycles. The third-order valence-corrected chi connectivity index (χ3v) is 10.9. The Bertz CT molecular complexity index is 990. The lowest BCUT2D eigenvalue weighted by molar-refractivity contribution is 0.120. The summed E-state index contributed by atoms with van der Waals surface area (Å²) in [5.74, 6) is 5.06. The second-order valence-corrected chi connectivity index (χ2v) is 12.8. The maximum Gasteiger partial charge on any atom is 0.182 e. The zero-order valence-electron chi connectivity index (χ0n) is 22.0. The lowest BCUT2D eigenvalue weighted by Crippen LogP contribution is -2.28. The zero-order chi connectivity index (χ0) is 24.2. The molecule has 1 atom stereocenters. The molecule has 3 aliphatic rings. The second-order valence-electron chi connectivity index (χ2n) is 11.7. The highest BCUT2D eigenvalue weighted by Gasteiger charge is 2.33. The minimum atomic E-state index is -0.193. The monoisotopic (exact) mass is 496 g/mol. The van der Waals surface area contributed by atoms with Crippen LogP contribution in [0.1, 0.15) is 109 Å². The summed E-state index contributed by atoms with van der Waals surface area (Å²) < 4.78 is 21.0. The molecule has 0 spiro atoms. The van der Waals surface area contributed by atoms with E-state index in [2.05, 4.69) is 19.1 Å². The molecule has 2 saturated carbocycles. The molecule has 5 rings (SSSR count). The van der Waals surface area contributed by atoms with E-state index in [-0.39, 0.29) is 5.82 Å². The molecule has 0 radical (unpaired) electrons. The van der Waals surface area contributed by atoms with E-state index in [1.165, 1.54) is 93.9 Å². The van der Waals surface area contributed by atoms with E-state index in [0.29, 0.717) is 12.4 Å². The Morgan fingerprint density at radius 2 is 1.57 bits per heavy atom. The van der Waals surface area contributed by atoms with Gasteiger partial charge in [-0.15, -0.1) is 11.3 Å². The number of thiophene rings is 1. The van der Waals surface area contributed by atoms with Crippen LogP contribution < -0.4 is 4.74 Å². The van der Waals surface area contributed by atoms with Gasteiger partial charge in [-0.3, -0.25) is 0 Å². The normalized spacial score (nSPS) is 29.8. The minimum Gasteiger partial charge on any atom is -0.491 e. The van der Waals surface area contributed by atoms with E-state index in [9.17, 15) is 4.39 Å². The summed E-state index contributed by atoms with van der Waals surface area (Å²) in [6.07, 6.45) is 22.4. The van der Waals surface area contributed by atoms with Crippen molar-refractivity contribution in [3.8, 4) is 5.75 Å². The van der Waals surface area contributed by atoms with E-state index < -0.39 is 0 Å². The van der Waals surface area contributed by atoms with E-state index in [1.54, 1.807) is 17.4 Å². The Hall–Kier alpha value is -1.35. The average Bonchev–Trinajstić information content (AvgIpc) is 3.35. The van der Waals surface area contributed by atoms with Crippen molar-refractivity contribution in [1.82, 2.24) is 0 Å². The van der Waals surface area contributed by atoms with E-state index in [4.69, 9.17) is 4.74 Å². The molecule has 2 fully saturated rings. The molecule has 0 N–H and O–H groups in total. The highest BCUT2D eigenvalue weighted by Crippen LogP contribution is 2.47. The molecule has 0 amide bonds. The first-order valence-corrected chi connectivity index (χ1v) is 15.5. The Morgan fingerprint density at radius 1 is 0.886 bits per heavy atom. The van der Waals surface area contributed by atoms with Crippen LogP contribution in [0.4, 0.5) is 4.39 Å². The van der Waals surface area contributed by atoms with Crippen LogP contribution in [0.2, 0.25) is 0 Å². The van der Waals surface area contributed by atoms with Gasteiger partial charge in [0, 0.05) is 4.88 Å². The predicted molar refractivity (Wildman–Crippen MR) is 149 cm³/mol. The predicted octanol–water partition coefficient (Wildman–Crippen LogP) is 10.4. The fourth-order valence-electron chi connectivity index (χ4n) is 7.51. The Balaban J connectivity index is 1.12. The van der Waals surface area contributed by atoms with Gasteiger partial charge in [-0.2, -0.15) is 0 Å². The standard InChI is InChI=1S/C32H45FOS/c1-3-5-6-22-7-9-23(10-8-22)24-11-13-25(14-12-24)26-15-17-27(18-16-26)30-21-28-19-20-29(34-4-2)31(33)32(28)35-30/h17,19-26H,3-16,18H2,1-2H3. The molecule has 2 aromatic rings. The van der Waals surface area contributed by atoms with Gasteiger partial charge in [0.2, 0.25) is 0 Å². The first-order valence-electron chi connectivity index (χ1n) is 14.7. The third kappa shape index (κ3) is 5.81. The maximum atomic E-state index is 14.8. The van der Waals surface area contributed by atoms with Crippen LogP contribution in [0.25, 0.3) is 15.7 Å².